The van der Waals surface area contributed by atoms with E-state index in [1.807, 2.05) is 66.2 Å². The summed E-state index contributed by atoms with van der Waals surface area (Å²) >= 11 is 0. The van der Waals surface area contributed by atoms with Crippen LogP contribution < -0.4 is 5.63 Å². The van der Waals surface area contributed by atoms with Crippen molar-refractivity contribution < 1.29 is 4.42 Å². The average molecular weight is 327 g/mol. The fourth-order valence-corrected chi connectivity index (χ4v) is 3.20. The van der Waals surface area contributed by atoms with Gasteiger partial charge in [-0.1, -0.05) is 30.3 Å². The minimum atomic E-state index is -0.380. The van der Waals surface area contributed by atoms with E-state index < -0.39 is 0 Å². The van der Waals surface area contributed by atoms with E-state index in [0.717, 1.165) is 27.8 Å². The Morgan fingerprint density at radius 2 is 1.68 bits per heavy atom. The number of fused-ring (bicyclic) bond motifs is 4. The Hall–Kier alpha value is -3.47. The highest BCUT2D eigenvalue weighted by Gasteiger charge is 2.15. The normalized spacial score (nSPS) is 11.6. The summed E-state index contributed by atoms with van der Waals surface area (Å²) in [4.78, 5) is 17.2. The highest BCUT2D eigenvalue weighted by Crippen LogP contribution is 2.27. The third-order valence-corrected chi connectivity index (χ3v) is 4.41. The Morgan fingerprint density at radius 3 is 2.52 bits per heavy atom. The summed E-state index contributed by atoms with van der Waals surface area (Å²) < 4.78 is 7.25. The minimum Gasteiger partial charge on any atom is -0.422 e. The Kier molecular flexibility index (Phi) is 2.79. The Labute approximate surface area is 142 Å². The van der Waals surface area contributed by atoms with Gasteiger partial charge in [-0.3, -0.25) is 0 Å². The van der Waals surface area contributed by atoms with E-state index in [2.05, 4.69) is 5.10 Å². The van der Waals surface area contributed by atoms with Crippen molar-refractivity contribution in [1.29, 1.82) is 0 Å². The van der Waals surface area contributed by atoms with E-state index in [1.54, 1.807) is 6.07 Å². The molecular weight excluding hydrogens is 314 g/mol. The molecule has 0 bridgehead atoms. The molecule has 0 unspecified atom stereocenters. The number of nitrogens with zero attached hydrogens (tertiary/aromatic N) is 3. The van der Waals surface area contributed by atoms with Gasteiger partial charge in [0.1, 0.15) is 5.58 Å². The minimum absolute atomic E-state index is 0.380. The van der Waals surface area contributed by atoms with Crippen LogP contribution in [0, 0.1) is 6.92 Å². The predicted molar refractivity (Wildman–Crippen MR) is 97.2 cm³/mol. The van der Waals surface area contributed by atoms with Crippen molar-refractivity contribution >= 4 is 32.9 Å². The lowest BCUT2D eigenvalue weighted by Gasteiger charge is -2.05. The molecule has 3 heterocycles. The summed E-state index contributed by atoms with van der Waals surface area (Å²) in [5, 5.41) is 6.75. The molecule has 0 fully saturated rings. The molecule has 25 heavy (non-hydrogen) atoms. The fraction of sp³-hybridized carbons (Fsp3) is 0.0500. The van der Waals surface area contributed by atoms with Crippen LogP contribution in [0.2, 0.25) is 0 Å². The molecule has 0 spiro atoms. The highest BCUT2D eigenvalue weighted by molar-refractivity contribution is 6.05. The molecule has 0 saturated carbocycles. The number of hydrogen-bond acceptors (Lipinski definition) is 4. The lowest BCUT2D eigenvalue weighted by atomic mass is 10.1. The van der Waals surface area contributed by atoms with Crippen molar-refractivity contribution in [3.8, 4) is 5.69 Å². The Bertz CT molecular complexity index is 1320. The largest absolute Gasteiger partial charge is 0.422 e. The molecule has 5 nitrogen and oxygen atoms in total. The summed E-state index contributed by atoms with van der Waals surface area (Å²) in [5.74, 6) is 0. The van der Waals surface area contributed by atoms with Crippen LogP contribution in [-0.4, -0.2) is 14.8 Å². The van der Waals surface area contributed by atoms with Crippen LogP contribution in [0.25, 0.3) is 38.6 Å². The zero-order valence-corrected chi connectivity index (χ0v) is 13.4. The van der Waals surface area contributed by atoms with Crippen molar-refractivity contribution in [2.45, 2.75) is 6.92 Å². The molecule has 0 aliphatic carbocycles. The average Bonchev–Trinajstić information content (AvgIpc) is 2.98. The molecule has 0 saturated heterocycles. The van der Waals surface area contributed by atoms with Gasteiger partial charge in [0.05, 0.1) is 22.3 Å². The van der Waals surface area contributed by atoms with Gasteiger partial charge in [-0.05, 0) is 37.3 Å². The van der Waals surface area contributed by atoms with Crippen LogP contribution in [0.15, 0.2) is 69.9 Å². The fourth-order valence-electron chi connectivity index (χ4n) is 3.20. The van der Waals surface area contributed by atoms with E-state index in [-0.39, 0.29) is 5.63 Å². The van der Waals surface area contributed by atoms with Crippen molar-refractivity contribution in [1.82, 2.24) is 14.8 Å². The first-order valence-corrected chi connectivity index (χ1v) is 8.00. The maximum absolute atomic E-state index is 12.4. The van der Waals surface area contributed by atoms with E-state index in [1.165, 1.54) is 0 Å². The first-order chi connectivity index (χ1) is 12.2. The molecule has 2 aromatic carbocycles. The van der Waals surface area contributed by atoms with Gasteiger partial charge in [0.25, 0.3) is 0 Å². The van der Waals surface area contributed by atoms with Gasteiger partial charge in [-0.2, -0.15) is 5.10 Å². The third-order valence-electron chi connectivity index (χ3n) is 4.41. The number of aromatic nitrogens is 3. The topological polar surface area (TPSA) is 60.9 Å². The van der Waals surface area contributed by atoms with Gasteiger partial charge >= 0.3 is 5.63 Å². The molecule has 120 valence electrons. The molecule has 0 amide bonds. The molecule has 0 radical (unpaired) electrons. The summed E-state index contributed by atoms with van der Waals surface area (Å²) in [6.45, 7) is 1.91. The van der Waals surface area contributed by atoms with Crippen LogP contribution in [0.1, 0.15) is 5.69 Å². The Morgan fingerprint density at radius 1 is 0.920 bits per heavy atom. The maximum Gasteiger partial charge on any atom is 0.345 e. The number of para-hydroxylation sites is 2. The van der Waals surface area contributed by atoms with Gasteiger partial charge in [-0.15, -0.1) is 0 Å². The van der Waals surface area contributed by atoms with Gasteiger partial charge in [0.2, 0.25) is 0 Å². The molecule has 0 N–H and O–H groups in total. The predicted octanol–water partition coefficient (Wildman–Crippen LogP) is 3.99. The monoisotopic (exact) mass is 327 g/mol. The first kappa shape index (κ1) is 13.9. The molecule has 3 aromatic heterocycles. The molecule has 0 aliphatic rings. The standard InChI is InChI=1S/C20H13N3O2/c1-12-15-11-16-18(14-9-5-6-10-17(14)25-20(16)24)21-19(15)23(22-12)13-7-3-2-4-8-13/h2-11H,1H3. The number of benzene rings is 2. The van der Waals surface area contributed by atoms with Gasteiger partial charge in [0.15, 0.2) is 5.65 Å². The number of hydrogen-bond donors (Lipinski definition) is 0. The van der Waals surface area contributed by atoms with Crippen molar-refractivity contribution in [3.63, 3.8) is 0 Å². The van der Waals surface area contributed by atoms with Crippen molar-refractivity contribution in [3.05, 3.63) is 76.8 Å². The second-order valence-corrected chi connectivity index (χ2v) is 5.97. The van der Waals surface area contributed by atoms with E-state index in [0.29, 0.717) is 16.5 Å². The lowest BCUT2D eigenvalue weighted by molar-refractivity contribution is 0.569. The SMILES string of the molecule is Cc1nn(-c2ccccc2)c2nc3c(cc12)c(=O)oc1ccccc13. The van der Waals surface area contributed by atoms with Crippen LogP contribution in [-0.2, 0) is 0 Å². The second-order valence-electron chi connectivity index (χ2n) is 5.97. The lowest BCUT2D eigenvalue weighted by Crippen LogP contribution is -2.02. The number of pyridine rings is 1. The van der Waals surface area contributed by atoms with Crippen LogP contribution >= 0.6 is 0 Å². The maximum atomic E-state index is 12.4. The summed E-state index contributed by atoms with van der Waals surface area (Å²) in [6, 6.07) is 19.1. The van der Waals surface area contributed by atoms with E-state index in [9.17, 15) is 4.79 Å². The Balaban J connectivity index is 1.98. The van der Waals surface area contributed by atoms with Crippen LogP contribution in [0.5, 0.6) is 0 Å². The van der Waals surface area contributed by atoms with Gasteiger partial charge in [-0.25, -0.2) is 14.5 Å². The quantitative estimate of drug-likeness (QED) is 0.345. The van der Waals surface area contributed by atoms with E-state index >= 15 is 0 Å². The molecule has 5 aromatic rings. The summed E-state index contributed by atoms with van der Waals surface area (Å²) in [6.07, 6.45) is 0. The zero-order chi connectivity index (χ0) is 17.0. The molecule has 5 rings (SSSR count). The van der Waals surface area contributed by atoms with Crippen molar-refractivity contribution in [2.24, 2.45) is 0 Å². The number of aryl methyl sites for hydroxylation is 1. The van der Waals surface area contributed by atoms with Gasteiger partial charge < -0.3 is 4.42 Å². The molecular formula is C20H13N3O2. The third kappa shape index (κ3) is 1.99. The van der Waals surface area contributed by atoms with Gasteiger partial charge in [0, 0.05) is 10.8 Å². The summed E-state index contributed by atoms with van der Waals surface area (Å²) in [7, 11) is 0. The first-order valence-electron chi connectivity index (χ1n) is 8.00. The van der Waals surface area contributed by atoms with E-state index in [4.69, 9.17) is 9.40 Å². The second kappa shape index (κ2) is 5.01. The molecule has 0 aliphatic heterocycles. The summed E-state index contributed by atoms with van der Waals surface area (Å²) in [5.41, 5.74) is 3.27. The number of rotatable bonds is 1. The zero-order valence-electron chi connectivity index (χ0n) is 13.4. The van der Waals surface area contributed by atoms with Crippen LogP contribution in [0.4, 0.5) is 0 Å². The van der Waals surface area contributed by atoms with Crippen LogP contribution in [0.3, 0.4) is 0 Å². The van der Waals surface area contributed by atoms with Crippen molar-refractivity contribution in [2.75, 3.05) is 0 Å². The molecule has 0 atom stereocenters. The highest BCUT2D eigenvalue weighted by atomic mass is 16.4. The smallest absolute Gasteiger partial charge is 0.345 e. The molecule has 5 heteroatoms.